The third-order valence-corrected chi connectivity index (χ3v) is 8.94. The summed E-state index contributed by atoms with van der Waals surface area (Å²) >= 11 is 0. The summed E-state index contributed by atoms with van der Waals surface area (Å²) in [7, 11) is -3.76. The second-order valence-electron chi connectivity index (χ2n) is 11.4. The van der Waals surface area contributed by atoms with Crippen LogP contribution in [0.5, 0.6) is 5.75 Å². The van der Waals surface area contributed by atoms with Gasteiger partial charge in [0.1, 0.15) is 24.1 Å². The Morgan fingerprint density at radius 1 is 0.979 bits per heavy atom. The van der Waals surface area contributed by atoms with Crippen LogP contribution in [0.4, 0.5) is 21.9 Å². The van der Waals surface area contributed by atoms with Gasteiger partial charge in [0.05, 0.1) is 30.3 Å². The minimum Gasteiger partial charge on any atom is -0.486 e. The standard InChI is InChI=1S/C34H31N5O7S/c1-22-7-6-10-28-30(22)38(34(41)45-19-23-8-4-3-5-9-23)16-15-37(28)29-17-24-18-35-33(47(2,42)43)36-31(24)39(32(29)40)25-11-13-26(14-12-25)46-27-20-44-21-27/h3-14,17-18,27H,15-16,19-21H2,1-2H3. The summed E-state index contributed by atoms with van der Waals surface area (Å²) in [6.07, 6.45) is 1.90. The number of amides is 1. The molecule has 0 atom stereocenters. The Bertz CT molecular complexity index is 2150. The number of carbonyl (C=O) groups excluding carboxylic acids is 1. The van der Waals surface area contributed by atoms with Crippen LogP contribution in [-0.2, 0) is 25.9 Å². The highest BCUT2D eigenvalue weighted by atomic mass is 32.2. The molecule has 47 heavy (non-hydrogen) atoms. The van der Waals surface area contributed by atoms with Gasteiger partial charge in [0.15, 0.2) is 5.65 Å². The molecule has 13 heteroatoms. The third kappa shape index (κ3) is 5.90. The zero-order valence-electron chi connectivity index (χ0n) is 25.7. The second-order valence-corrected chi connectivity index (χ2v) is 13.3. The van der Waals surface area contributed by atoms with Crippen molar-refractivity contribution in [3.63, 3.8) is 0 Å². The van der Waals surface area contributed by atoms with Crippen LogP contribution in [0, 0.1) is 6.92 Å². The average Bonchev–Trinajstić information content (AvgIpc) is 3.05. The number of para-hydroxylation sites is 1. The van der Waals surface area contributed by atoms with Crippen molar-refractivity contribution < 1.29 is 27.4 Å². The number of carbonyl (C=O) groups is 1. The number of aryl methyl sites for hydroxylation is 1. The molecule has 0 unspecified atom stereocenters. The van der Waals surface area contributed by atoms with Crippen LogP contribution >= 0.6 is 0 Å². The predicted molar refractivity (Wildman–Crippen MR) is 176 cm³/mol. The van der Waals surface area contributed by atoms with Crippen LogP contribution in [-0.4, -0.2) is 67.7 Å². The first-order valence-corrected chi connectivity index (χ1v) is 16.9. The number of ether oxygens (including phenoxy) is 3. The SMILES string of the molecule is Cc1cccc2c1N(C(=O)OCc1ccccc1)CCN2c1cc2cnc(S(C)(=O)=O)nc2n(-c2ccc(OC3COC3)cc2)c1=O. The van der Waals surface area contributed by atoms with Gasteiger partial charge in [-0.25, -0.2) is 18.2 Å². The van der Waals surface area contributed by atoms with Gasteiger partial charge in [-0.15, -0.1) is 0 Å². The van der Waals surface area contributed by atoms with Crippen LogP contribution in [0.15, 0.2) is 95.0 Å². The highest BCUT2D eigenvalue weighted by molar-refractivity contribution is 7.90. The van der Waals surface area contributed by atoms with Crippen LogP contribution in [0.25, 0.3) is 16.7 Å². The molecule has 3 aromatic carbocycles. The highest BCUT2D eigenvalue weighted by Gasteiger charge is 2.32. The number of fused-ring (bicyclic) bond motifs is 2. The van der Waals surface area contributed by atoms with E-state index in [-0.39, 0.29) is 36.6 Å². The summed E-state index contributed by atoms with van der Waals surface area (Å²) < 4.78 is 42.9. The molecule has 2 aromatic heterocycles. The molecule has 4 heterocycles. The van der Waals surface area contributed by atoms with Crippen molar-refractivity contribution in [2.24, 2.45) is 0 Å². The molecule has 7 rings (SSSR count). The van der Waals surface area contributed by atoms with Gasteiger partial charge in [-0.2, -0.15) is 4.98 Å². The van der Waals surface area contributed by atoms with Gasteiger partial charge in [0, 0.05) is 30.9 Å². The lowest BCUT2D eigenvalue weighted by molar-refractivity contribution is -0.0796. The number of aromatic nitrogens is 3. The first-order chi connectivity index (χ1) is 22.7. The Morgan fingerprint density at radius 2 is 1.74 bits per heavy atom. The Balaban J connectivity index is 1.31. The number of hydrogen-bond acceptors (Lipinski definition) is 10. The van der Waals surface area contributed by atoms with Crippen molar-refractivity contribution in [3.05, 3.63) is 107 Å². The Kier molecular flexibility index (Phi) is 7.86. The van der Waals surface area contributed by atoms with Crippen molar-refractivity contribution in [1.29, 1.82) is 0 Å². The van der Waals surface area contributed by atoms with E-state index in [9.17, 15) is 18.0 Å². The molecule has 0 saturated carbocycles. The zero-order valence-corrected chi connectivity index (χ0v) is 26.5. The minimum atomic E-state index is -3.76. The average molecular weight is 654 g/mol. The van der Waals surface area contributed by atoms with Crippen molar-refractivity contribution >= 4 is 44.0 Å². The van der Waals surface area contributed by atoms with E-state index in [0.717, 1.165) is 17.4 Å². The maximum absolute atomic E-state index is 14.5. The third-order valence-electron chi connectivity index (χ3n) is 8.08. The van der Waals surface area contributed by atoms with Gasteiger partial charge < -0.3 is 19.1 Å². The minimum absolute atomic E-state index is 0.0318. The molecule has 0 spiro atoms. The van der Waals surface area contributed by atoms with E-state index in [1.165, 1.54) is 10.8 Å². The molecular weight excluding hydrogens is 622 g/mol. The molecule has 1 amide bonds. The lowest BCUT2D eigenvalue weighted by Crippen LogP contribution is -2.44. The van der Waals surface area contributed by atoms with Gasteiger partial charge in [-0.3, -0.25) is 14.3 Å². The topological polar surface area (TPSA) is 133 Å². The number of nitrogens with zero attached hydrogens (tertiary/aromatic N) is 5. The van der Waals surface area contributed by atoms with E-state index in [1.54, 1.807) is 35.2 Å². The molecule has 2 aliphatic rings. The fourth-order valence-corrected chi connectivity index (χ4v) is 6.20. The largest absolute Gasteiger partial charge is 0.486 e. The molecule has 0 N–H and O–H groups in total. The molecule has 2 aliphatic heterocycles. The smallest absolute Gasteiger partial charge is 0.414 e. The molecule has 1 fully saturated rings. The van der Waals surface area contributed by atoms with Gasteiger partial charge in [-0.1, -0.05) is 42.5 Å². The molecule has 0 radical (unpaired) electrons. The monoisotopic (exact) mass is 653 g/mol. The van der Waals surface area contributed by atoms with E-state index in [2.05, 4.69) is 9.97 Å². The fourth-order valence-electron chi connectivity index (χ4n) is 5.70. The Morgan fingerprint density at radius 3 is 2.45 bits per heavy atom. The molecule has 12 nitrogen and oxygen atoms in total. The Labute approximate surface area is 270 Å². The first kappa shape index (κ1) is 30.4. The summed E-state index contributed by atoms with van der Waals surface area (Å²) in [4.78, 5) is 39.7. The molecule has 0 aliphatic carbocycles. The first-order valence-electron chi connectivity index (χ1n) is 15.0. The number of benzene rings is 3. The molecule has 240 valence electrons. The van der Waals surface area contributed by atoms with Gasteiger partial charge >= 0.3 is 6.09 Å². The van der Waals surface area contributed by atoms with Gasteiger partial charge in [0.25, 0.3) is 5.56 Å². The number of pyridine rings is 1. The summed E-state index contributed by atoms with van der Waals surface area (Å²) in [5.41, 5.74) is 3.47. The summed E-state index contributed by atoms with van der Waals surface area (Å²) in [6, 6.07) is 23.7. The van der Waals surface area contributed by atoms with Crippen LogP contribution in [0.2, 0.25) is 0 Å². The quantitative estimate of drug-likeness (QED) is 0.230. The second kappa shape index (κ2) is 12.2. The maximum Gasteiger partial charge on any atom is 0.414 e. The summed E-state index contributed by atoms with van der Waals surface area (Å²) in [6.45, 7) is 3.60. The van der Waals surface area contributed by atoms with Crippen molar-refractivity contribution in [3.8, 4) is 11.4 Å². The van der Waals surface area contributed by atoms with Crippen LogP contribution in [0.3, 0.4) is 0 Å². The van der Waals surface area contributed by atoms with Crippen LogP contribution < -0.4 is 20.1 Å². The molecule has 0 bridgehead atoms. The molecule has 5 aromatic rings. The normalized spacial score (nSPS) is 14.9. The maximum atomic E-state index is 14.5. The predicted octanol–water partition coefficient (Wildman–Crippen LogP) is 4.57. The van der Waals surface area contributed by atoms with Crippen molar-refractivity contribution in [1.82, 2.24) is 14.5 Å². The number of rotatable bonds is 7. The Hall–Kier alpha value is -5.27. The zero-order chi connectivity index (χ0) is 32.7. The van der Waals surface area contributed by atoms with E-state index in [4.69, 9.17) is 14.2 Å². The molecular formula is C34H31N5O7S. The van der Waals surface area contributed by atoms with E-state index < -0.39 is 21.5 Å². The van der Waals surface area contributed by atoms with Crippen molar-refractivity contribution in [2.75, 3.05) is 42.4 Å². The lowest BCUT2D eigenvalue weighted by atomic mass is 10.1. The van der Waals surface area contributed by atoms with E-state index >= 15 is 0 Å². The van der Waals surface area contributed by atoms with Gasteiger partial charge in [0.2, 0.25) is 15.0 Å². The molecule has 1 saturated heterocycles. The summed E-state index contributed by atoms with van der Waals surface area (Å²) in [5, 5.41) is 0.0669. The van der Waals surface area contributed by atoms with Crippen molar-refractivity contribution in [2.45, 2.75) is 24.8 Å². The van der Waals surface area contributed by atoms with E-state index in [1.807, 2.05) is 60.4 Å². The highest BCUT2D eigenvalue weighted by Crippen LogP contribution is 2.40. The fraction of sp³-hybridized carbons (Fsp3) is 0.235. The van der Waals surface area contributed by atoms with E-state index in [0.29, 0.717) is 47.1 Å². The lowest BCUT2D eigenvalue weighted by Gasteiger charge is -2.38. The van der Waals surface area contributed by atoms with Gasteiger partial charge in [-0.05, 0) is 54.4 Å². The number of anilines is 3. The van der Waals surface area contributed by atoms with Crippen LogP contribution in [0.1, 0.15) is 11.1 Å². The summed E-state index contributed by atoms with van der Waals surface area (Å²) in [5.74, 6) is 0.613. The number of sulfone groups is 1. The number of hydrogen-bond donors (Lipinski definition) is 0.